The highest BCUT2D eigenvalue weighted by Crippen LogP contribution is 2.18. The Morgan fingerprint density at radius 1 is 1.41 bits per heavy atom. The Kier molecular flexibility index (Phi) is 9.72. The molecule has 0 saturated heterocycles. The molecule has 0 fully saturated rings. The number of nitrogens with zero attached hydrogens (tertiary/aromatic N) is 1. The molecule has 0 atom stereocenters. The summed E-state index contributed by atoms with van der Waals surface area (Å²) in [5.41, 5.74) is 5.65. The van der Waals surface area contributed by atoms with Crippen molar-refractivity contribution in [3.8, 4) is 5.75 Å². The molecule has 4 nitrogen and oxygen atoms in total. The average molecular weight is 394 g/mol. The zero-order valence-corrected chi connectivity index (χ0v) is 15.9. The van der Waals surface area contributed by atoms with Gasteiger partial charge < -0.3 is 15.4 Å². The maximum absolute atomic E-state index is 12.0. The molecule has 0 spiro atoms. The molecule has 0 heterocycles. The Labute approximate surface area is 147 Å². The third-order valence-electron chi connectivity index (χ3n) is 3.24. The number of ether oxygens (including phenoxy) is 1. The van der Waals surface area contributed by atoms with Gasteiger partial charge in [0, 0.05) is 24.5 Å². The zero-order valence-electron chi connectivity index (χ0n) is 13.5. The molecule has 1 amide bonds. The van der Waals surface area contributed by atoms with Crippen LogP contribution < -0.4 is 10.5 Å². The van der Waals surface area contributed by atoms with Crippen LogP contribution in [0.1, 0.15) is 26.7 Å². The molecular weight excluding hydrogens is 368 g/mol. The van der Waals surface area contributed by atoms with Gasteiger partial charge in [-0.3, -0.25) is 4.79 Å². The van der Waals surface area contributed by atoms with Crippen molar-refractivity contribution in [2.45, 2.75) is 26.7 Å². The van der Waals surface area contributed by atoms with E-state index in [1.54, 1.807) is 4.90 Å². The van der Waals surface area contributed by atoms with Crippen molar-refractivity contribution >= 4 is 34.2 Å². The zero-order chi connectivity index (χ0) is 15.9. The number of rotatable bonds is 8. The molecule has 22 heavy (non-hydrogen) atoms. The van der Waals surface area contributed by atoms with Crippen molar-refractivity contribution < 1.29 is 9.53 Å². The van der Waals surface area contributed by atoms with E-state index in [9.17, 15) is 4.79 Å². The van der Waals surface area contributed by atoms with E-state index in [4.69, 9.17) is 10.5 Å². The van der Waals surface area contributed by atoms with Crippen LogP contribution >= 0.6 is 28.3 Å². The van der Waals surface area contributed by atoms with Gasteiger partial charge in [0.05, 0.1) is 6.61 Å². The Morgan fingerprint density at radius 2 is 2.09 bits per heavy atom. The summed E-state index contributed by atoms with van der Waals surface area (Å²) < 4.78 is 6.60. The van der Waals surface area contributed by atoms with Crippen LogP contribution in [0.2, 0.25) is 0 Å². The summed E-state index contributed by atoms with van der Waals surface area (Å²) in [6, 6.07) is 7.69. The van der Waals surface area contributed by atoms with E-state index in [0.29, 0.717) is 32.5 Å². The molecule has 0 bridgehead atoms. The normalized spacial score (nSPS) is 10.8. The highest BCUT2D eigenvalue weighted by molar-refractivity contribution is 9.10. The predicted octanol–water partition coefficient (Wildman–Crippen LogP) is 3.47. The summed E-state index contributed by atoms with van der Waals surface area (Å²) in [7, 11) is 1.83. The number of carbonyl (C=O) groups is 1. The van der Waals surface area contributed by atoms with Crippen molar-refractivity contribution in [1.82, 2.24) is 4.90 Å². The van der Waals surface area contributed by atoms with Gasteiger partial charge in [-0.25, -0.2) is 0 Å². The van der Waals surface area contributed by atoms with E-state index in [1.807, 2.05) is 31.3 Å². The first-order valence-corrected chi connectivity index (χ1v) is 7.96. The van der Waals surface area contributed by atoms with Crippen molar-refractivity contribution in [3.63, 3.8) is 0 Å². The van der Waals surface area contributed by atoms with Gasteiger partial charge in [-0.1, -0.05) is 35.8 Å². The van der Waals surface area contributed by atoms with E-state index in [0.717, 1.165) is 10.2 Å². The number of amides is 1. The van der Waals surface area contributed by atoms with E-state index < -0.39 is 0 Å². The molecule has 0 aliphatic rings. The molecule has 1 aromatic carbocycles. The smallest absolute Gasteiger partial charge is 0.222 e. The molecule has 0 aliphatic carbocycles. The molecule has 0 aromatic heterocycles. The minimum atomic E-state index is -0.0444. The van der Waals surface area contributed by atoms with Crippen molar-refractivity contribution in [2.75, 3.05) is 26.7 Å². The highest BCUT2D eigenvalue weighted by Gasteiger charge is 2.20. The molecule has 126 valence electrons. The van der Waals surface area contributed by atoms with Gasteiger partial charge in [-0.2, -0.15) is 0 Å². The minimum absolute atomic E-state index is 0. The van der Waals surface area contributed by atoms with E-state index >= 15 is 0 Å². The second-order valence-electron chi connectivity index (χ2n) is 6.03. The SMILES string of the molecule is CN(CC(C)(C)CN)C(=O)CCCOc1cccc(Br)c1.Cl. The van der Waals surface area contributed by atoms with Crippen molar-refractivity contribution in [2.24, 2.45) is 11.1 Å². The van der Waals surface area contributed by atoms with Crippen LogP contribution in [0.25, 0.3) is 0 Å². The monoisotopic (exact) mass is 392 g/mol. The second-order valence-corrected chi connectivity index (χ2v) is 6.94. The van der Waals surface area contributed by atoms with Gasteiger partial charge in [0.25, 0.3) is 0 Å². The number of halogens is 2. The average Bonchev–Trinajstić information content (AvgIpc) is 2.43. The lowest BCUT2D eigenvalue weighted by atomic mass is 9.93. The number of carbonyl (C=O) groups excluding carboxylic acids is 1. The molecule has 0 aliphatic heterocycles. The molecule has 1 rings (SSSR count). The highest BCUT2D eigenvalue weighted by atomic mass is 79.9. The predicted molar refractivity (Wildman–Crippen MR) is 96.6 cm³/mol. The lowest BCUT2D eigenvalue weighted by Crippen LogP contribution is -2.39. The van der Waals surface area contributed by atoms with Gasteiger partial charge in [0.2, 0.25) is 5.91 Å². The fourth-order valence-corrected chi connectivity index (χ4v) is 2.33. The summed E-state index contributed by atoms with van der Waals surface area (Å²) in [5.74, 6) is 0.948. The fraction of sp³-hybridized carbons (Fsp3) is 0.562. The van der Waals surface area contributed by atoms with Gasteiger partial charge in [-0.15, -0.1) is 12.4 Å². The van der Waals surface area contributed by atoms with Gasteiger partial charge in [0.15, 0.2) is 0 Å². The summed E-state index contributed by atoms with van der Waals surface area (Å²) in [6.45, 7) is 5.90. The third-order valence-corrected chi connectivity index (χ3v) is 3.74. The Bertz CT molecular complexity index is 469. The lowest BCUT2D eigenvalue weighted by molar-refractivity contribution is -0.131. The van der Waals surface area contributed by atoms with E-state index in [-0.39, 0.29) is 23.7 Å². The third kappa shape index (κ3) is 8.01. The molecule has 2 N–H and O–H groups in total. The maximum Gasteiger partial charge on any atom is 0.222 e. The van der Waals surface area contributed by atoms with Crippen molar-refractivity contribution in [3.05, 3.63) is 28.7 Å². The first-order chi connectivity index (χ1) is 9.84. The lowest BCUT2D eigenvalue weighted by Gasteiger charge is -2.29. The second kappa shape index (κ2) is 10.1. The Balaban J connectivity index is 0.00000441. The molecule has 6 heteroatoms. The summed E-state index contributed by atoms with van der Waals surface area (Å²) in [6.07, 6.45) is 1.20. The molecule has 0 saturated carbocycles. The van der Waals surface area contributed by atoms with Crippen LogP contribution in [-0.2, 0) is 4.79 Å². The van der Waals surface area contributed by atoms with Crippen LogP contribution in [0.4, 0.5) is 0 Å². The van der Waals surface area contributed by atoms with Crippen LogP contribution in [0, 0.1) is 5.41 Å². The van der Waals surface area contributed by atoms with Gasteiger partial charge in [0.1, 0.15) is 5.75 Å². The van der Waals surface area contributed by atoms with E-state index in [1.165, 1.54) is 0 Å². The molecule has 0 unspecified atom stereocenters. The van der Waals surface area contributed by atoms with Crippen molar-refractivity contribution in [1.29, 1.82) is 0 Å². The van der Waals surface area contributed by atoms with Gasteiger partial charge >= 0.3 is 0 Å². The summed E-state index contributed by atoms with van der Waals surface area (Å²) in [4.78, 5) is 13.8. The quantitative estimate of drug-likeness (QED) is 0.688. The topological polar surface area (TPSA) is 55.6 Å². The fourth-order valence-electron chi connectivity index (χ4n) is 1.96. The Hall–Kier alpha value is -0.780. The molecule has 0 radical (unpaired) electrons. The maximum atomic E-state index is 12.0. The minimum Gasteiger partial charge on any atom is -0.494 e. The number of hydrogen-bond donors (Lipinski definition) is 1. The first kappa shape index (κ1) is 21.2. The van der Waals surface area contributed by atoms with Gasteiger partial charge in [-0.05, 0) is 36.6 Å². The number of nitrogens with two attached hydrogens (primary N) is 1. The van der Waals surface area contributed by atoms with E-state index in [2.05, 4.69) is 29.8 Å². The molecule has 1 aromatic rings. The number of hydrogen-bond acceptors (Lipinski definition) is 3. The standard InChI is InChI=1S/C16H25BrN2O2.ClH/c1-16(2,11-18)12-19(3)15(20)8-5-9-21-14-7-4-6-13(17)10-14;/h4,6-7,10H,5,8-9,11-12,18H2,1-3H3;1H. The Morgan fingerprint density at radius 3 is 2.68 bits per heavy atom. The van der Waals surface area contributed by atoms with Crippen LogP contribution in [0.15, 0.2) is 28.7 Å². The van der Waals surface area contributed by atoms with Crippen LogP contribution in [0.3, 0.4) is 0 Å². The summed E-state index contributed by atoms with van der Waals surface area (Å²) >= 11 is 3.40. The summed E-state index contributed by atoms with van der Waals surface area (Å²) in [5, 5.41) is 0. The largest absolute Gasteiger partial charge is 0.494 e. The number of benzene rings is 1. The first-order valence-electron chi connectivity index (χ1n) is 7.16. The molecular formula is C16H26BrClN2O2. The van der Waals surface area contributed by atoms with Crippen LogP contribution in [-0.4, -0.2) is 37.6 Å². The van der Waals surface area contributed by atoms with Crippen LogP contribution in [0.5, 0.6) is 5.75 Å².